The van der Waals surface area contributed by atoms with Gasteiger partial charge in [-0.15, -0.1) is 0 Å². The standard InChI is InChI=1S/C24H33N5O4/c1-4-5-12-28-21(25)20(23(32)27-24(28)33)29(14-15(2)3)19(30)11-10-17-13-16-8-6-7-9-18(16)26-22(17)31/h6-9,15,17H,4-5,10-14,25H2,1-3H3,(H,26,31)(H,27,32,33). The first-order valence-corrected chi connectivity index (χ1v) is 11.5. The molecule has 1 aliphatic heterocycles. The zero-order chi connectivity index (χ0) is 24.1. The molecule has 3 rings (SSSR count). The lowest BCUT2D eigenvalue weighted by Crippen LogP contribution is -2.43. The van der Waals surface area contributed by atoms with Gasteiger partial charge in [0.25, 0.3) is 5.56 Å². The van der Waals surface area contributed by atoms with Crippen molar-refractivity contribution < 1.29 is 9.59 Å². The molecule has 0 radical (unpaired) electrons. The molecule has 0 fully saturated rings. The van der Waals surface area contributed by atoms with E-state index >= 15 is 0 Å². The van der Waals surface area contributed by atoms with Crippen molar-refractivity contribution >= 4 is 29.0 Å². The lowest BCUT2D eigenvalue weighted by atomic mass is 9.89. The minimum absolute atomic E-state index is 0.00263. The Morgan fingerprint density at radius 2 is 1.97 bits per heavy atom. The van der Waals surface area contributed by atoms with Crippen molar-refractivity contribution in [2.75, 3.05) is 22.5 Å². The molecule has 2 aromatic rings. The minimum atomic E-state index is -0.677. The van der Waals surface area contributed by atoms with Crippen LogP contribution in [0, 0.1) is 11.8 Å². The molecule has 0 bridgehead atoms. The first kappa shape index (κ1) is 24.3. The Bertz CT molecular complexity index is 1130. The molecule has 9 nitrogen and oxygen atoms in total. The first-order valence-electron chi connectivity index (χ1n) is 11.5. The molecule has 4 N–H and O–H groups in total. The maximum absolute atomic E-state index is 13.3. The van der Waals surface area contributed by atoms with Gasteiger partial charge in [-0.1, -0.05) is 45.4 Å². The van der Waals surface area contributed by atoms with Gasteiger partial charge in [0.1, 0.15) is 5.82 Å². The van der Waals surface area contributed by atoms with Gasteiger partial charge >= 0.3 is 5.69 Å². The molecule has 0 spiro atoms. The summed E-state index contributed by atoms with van der Waals surface area (Å²) in [6.45, 7) is 6.49. The number of fused-ring (bicyclic) bond motifs is 1. The van der Waals surface area contributed by atoms with Crippen molar-refractivity contribution in [2.45, 2.75) is 59.4 Å². The third-order valence-corrected chi connectivity index (χ3v) is 5.89. The van der Waals surface area contributed by atoms with Gasteiger partial charge in [0.05, 0.1) is 0 Å². The quantitative estimate of drug-likeness (QED) is 0.535. The summed E-state index contributed by atoms with van der Waals surface area (Å²) in [6.07, 6.45) is 2.55. The van der Waals surface area contributed by atoms with Gasteiger partial charge in [0, 0.05) is 31.1 Å². The predicted octanol–water partition coefficient (Wildman–Crippen LogP) is 2.50. The number of nitrogens with two attached hydrogens (primary N) is 1. The van der Waals surface area contributed by atoms with E-state index in [2.05, 4.69) is 10.3 Å². The molecule has 1 aromatic carbocycles. The highest BCUT2D eigenvalue weighted by Gasteiger charge is 2.29. The van der Waals surface area contributed by atoms with Gasteiger partial charge in [-0.3, -0.25) is 23.9 Å². The van der Waals surface area contributed by atoms with Crippen LogP contribution in [0.2, 0.25) is 0 Å². The number of hydrogen-bond acceptors (Lipinski definition) is 5. The van der Waals surface area contributed by atoms with Crippen LogP contribution in [0.15, 0.2) is 33.9 Å². The fraction of sp³-hybridized carbons (Fsp3) is 0.500. The van der Waals surface area contributed by atoms with E-state index in [0.717, 1.165) is 17.7 Å². The average molecular weight is 456 g/mol. The van der Waals surface area contributed by atoms with E-state index < -0.39 is 11.2 Å². The molecule has 33 heavy (non-hydrogen) atoms. The van der Waals surface area contributed by atoms with Gasteiger partial charge in [-0.2, -0.15) is 0 Å². The number of aromatic nitrogens is 2. The Morgan fingerprint density at radius 1 is 1.24 bits per heavy atom. The lowest BCUT2D eigenvalue weighted by molar-refractivity contribution is -0.121. The third kappa shape index (κ3) is 5.53. The van der Waals surface area contributed by atoms with Crippen molar-refractivity contribution in [1.29, 1.82) is 0 Å². The van der Waals surface area contributed by atoms with Crippen molar-refractivity contribution in [3.63, 3.8) is 0 Å². The topological polar surface area (TPSA) is 130 Å². The largest absolute Gasteiger partial charge is 0.383 e. The molecule has 178 valence electrons. The van der Waals surface area contributed by atoms with Gasteiger partial charge in [0.2, 0.25) is 11.8 Å². The fourth-order valence-electron chi connectivity index (χ4n) is 4.14. The molecule has 1 aliphatic rings. The van der Waals surface area contributed by atoms with E-state index in [1.54, 1.807) is 0 Å². The lowest BCUT2D eigenvalue weighted by Gasteiger charge is -2.28. The predicted molar refractivity (Wildman–Crippen MR) is 129 cm³/mol. The van der Waals surface area contributed by atoms with Crippen LogP contribution >= 0.6 is 0 Å². The number of carbonyl (C=O) groups is 2. The number of benzene rings is 1. The average Bonchev–Trinajstić information content (AvgIpc) is 2.76. The number of nitrogens with zero attached hydrogens (tertiary/aromatic N) is 2. The Balaban J connectivity index is 1.84. The number of aromatic amines is 1. The molecule has 1 atom stereocenters. The number of rotatable bonds is 9. The zero-order valence-electron chi connectivity index (χ0n) is 19.5. The number of nitrogen functional groups attached to an aromatic ring is 1. The fourth-order valence-corrected chi connectivity index (χ4v) is 4.14. The Kier molecular flexibility index (Phi) is 7.73. The van der Waals surface area contributed by atoms with Gasteiger partial charge in [-0.05, 0) is 36.8 Å². The van der Waals surface area contributed by atoms with E-state index in [-0.39, 0.29) is 48.1 Å². The van der Waals surface area contributed by atoms with Crippen molar-refractivity contribution in [3.8, 4) is 0 Å². The zero-order valence-corrected chi connectivity index (χ0v) is 19.5. The highest BCUT2D eigenvalue weighted by Crippen LogP contribution is 2.28. The molecular formula is C24H33N5O4. The number of anilines is 3. The number of para-hydroxylation sites is 1. The van der Waals surface area contributed by atoms with Gasteiger partial charge in [-0.25, -0.2) is 4.79 Å². The molecule has 9 heteroatoms. The molecule has 2 heterocycles. The second-order valence-corrected chi connectivity index (χ2v) is 8.98. The van der Waals surface area contributed by atoms with E-state index in [0.29, 0.717) is 25.8 Å². The highest BCUT2D eigenvalue weighted by atomic mass is 16.2. The van der Waals surface area contributed by atoms with Crippen LogP contribution in [0.25, 0.3) is 0 Å². The van der Waals surface area contributed by atoms with E-state index in [9.17, 15) is 19.2 Å². The maximum Gasteiger partial charge on any atom is 0.330 e. The van der Waals surface area contributed by atoms with E-state index in [1.165, 1.54) is 9.47 Å². The first-order chi connectivity index (χ1) is 15.7. The number of nitrogens with one attached hydrogen (secondary N) is 2. The Morgan fingerprint density at radius 3 is 2.67 bits per heavy atom. The number of hydrogen-bond donors (Lipinski definition) is 3. The molecular weight excluding hydrogens is 422 g/mol. The van der Waals surface area contributed by atoms with Gasteiger partial charge < -0.3 is 16.0 Å². The summed E-state index contributed by atoms with van der Waals surface area (Å²) < 4.78 is 1.31. The van der Waals surface area contributed by atoms with Crippen LogP contribution in [0.4, 0.5) is 17.2 Å². The summed E-state index contributed by atoms with van der Waals surface area (Å²) in [5.41, 5.74) is 6.83. The number of unbranched alkanes of at least 4 members (excludes halogenated alkanes) is 1. The maximum atomic E-state index is 13.3. The van der Waals surface area contributed by atoms with Crippen molar-refractivity contribution in [2.24, 2.45) is 11.8 Å². The number of carbonyl (C=O) groups excluding carboxylic acids is 2. The summed E-state index contributed by atoms with van der Waals surface area (Å²) in [7, 11) is 0. The summed E-state index contributed by atoms with van der Waals surface area (Å²) in [5.74, 6) is -0.682. The SMILES string of the molecule is CCCCn1c(N)c(N(CC(C)C)C(=O)CCC2Cc3ccccc3NC2=O)c(=O)[nH]c1=O. The third-order valence-electron chi connectivity index (χ3n) is 5.89. The Labute approximate surface area is 193 Å². The second-order valence-electron chi connectivity index (χ2n) is 8.98. The van der Waals surface area contributed by atoms with Crippen LogP contribution in [-0.4, -0.2) is 27.9 Å². The highest BCUT2D eigenvalue weighted by molar-refractivity contribution is 5.98. The Hall–Kier alpha value is -3.36. The van der Waals surface area contributed by atoms with Crippen LogP contribution in [-0.2, 0) is 22.6 Å². The van der Waals surface area contributed by atoms with Crippen LogP contribution < -0.4 is 27.2 Å². The van der Waals surface area contributed by atoms with E-state index in [4.69, 9.17) is 5.73 Å². The monoisotopic (exact) mass is 455 g/mol. The molecule has 0 aliphatic carbocycles. The van der Waals surface area contributed by atoms with Crippen LogP contribution in [0.5, 0.6) is 0 Å². The van der Waals surface area contributed by atoms with Crippen LogP contribution in [0.3, 0.4) is 0 Å². The van der Waals surface area contributed by atoms with Gasteiger partial charge in [0.15, 0.2) is 5.69 Å². The van der Waals surface area contributed by atoms with Crippen LogP contribution in [0.1, 0.15) is 52.0 Å². The summed E-state index contributed by atoms with van der Waals surface area (Å²) >= 11 is 0. The molecule has 0 saturated heterocycles. The normalized spacial score (nSPS) is 15.3. The second kappa shape index (κ2) is 10.5. The van der Waals surface area contributed by atoms with Crippen molar-refractivity contribution in [1.82, 2.24) is 9.55 Å². The van der Waals surface area contributed by atoms with E-state index in [1.807, 2.05) is 45.0 Å². The molecule has 2 amide bonds. The number of H-pyrrole nitrogens is 1. The van der Waals surface area contributed by atoms with Crippen molar-refractivity contribution in [3.05, 3.63) is 50.7 Å². The summed E-state index contributed by atoms with van der Waals surface area (Å²) in [4.78, 5) is 54.5. The minimum Gasteiger partial charge on any atom is -0.383 e. The molecule has 1 aromatic heterocycles. The smallest absolute Gasteiger partial charge is 0.330 e. The summed E-state index contributed by atoms with van der Waals surface area (Å²) in [5, 5.41) is 2.90. The summed E-state index contributed by atoms with van der Waals surface area (Å²) in [6, 6.07) is 7.62. The molecule has 1 unspecified atom stereocenters. The number of amides is 2. The molecule has 0 saturated carbocycles.